The summed E-state index contributed by atoms with van der Waals surface area (Å²) < 4.78 is 15.1. The molecule has 0 saturated carbocycles. The van der Waals surface area contributed by atoms with E-state index in [1.165, 1.54) is 129 Å². The molecular formula is C26H56NO4P. The molecule has 194 valence electrons. The molecule has 0 fully saturated rings. The Bertz CT molecular complexity index is 399. The standard InChI is InChI=1S/C26H56NO4P/c1-3-5-7-9-11-15-19-23-27(24-20-16-12-10-8-6-4-2)25-21-17-13-14-18-22-26-31-32(28,29)30/h3-26H2,1-2H3,(H2,28,29,30). The van der Waals surface area contributed by atoms with Crippen LogP contribution >= 0.6 is 7.82 Å². The van der Waals surface area contributed by atoms with Crippen molar-refractivity contribution >= 4 is 7.82 Å². The molecule has 0 amide bonds. The molecule has 0 atom stereocenters. The molecule has 32 heavy (non-hydrogen) atoms. The summed E-state index contributed by atoms with van der Waals surface area (Å²) in [4.78, 5) is 20.1. The highest BCUT2D eigenvalue weighted by molar-refractivity contribution is 7.46. The summed E-state index contributed by atoms with van der Waals surface area (Å²) in [6.45, 7) is 8.49. The summed E-state index contributed by atoms with van der Waals surface area (Å²) in [7, 11) is -4.29. The van der Waals surface area contributed by atoms with Crippen molar-refractivity contribution in [2.24, 2.45) is 0 Å². The molecule has 5 nitrogen and oxygen atoms in total. The molecule has 0 unspecified atom stereocenters. The predicted molar refractivity (Wildman–Crippen MR) is 138 cm³/mol. The summed E-state index contributed by atoms with van der Waals surface area (Å²) in [5.74, 6) is 0. The van der Waals surface area contributed by atoms with Crippen molar-refractivity contribution < 1.29 is 18.9 Å². The third-order valence-corrected chi connectivity index (χ3v) is 6.80. The topological polar surface area (TPSA) is 70.0 Å². The van der Waals surface area contributed by atoms with E-state index in [0.29, 0.717) is 0 Å². The van der Waals surface area contributed by atoms with Gasteiger partial charge in [-0.25, -0.2) is 4.57 Å². The van der Waals surface area contributed by atoms with Crippen LogP contribution in [0.2, 0.25) is 0 Å². The largest absolute Gasteiger partial charge is 0.469 e. The third-order valence-electron chi connectivity index (χ3n) is 6.28. The highest BCUT2D eigenvalue weighted by atomic mass is 31.2. The normalized spacial score (nSPS) is 12.2. The van der Waals surface area contributed by atoms with Gasteiger partial charge in [-0.3, -0.25) is 4.52 Å². The van der Waals surface area contributed by atoms with Crippen LogP contribution in [0, 0.1) is 0 Å². The van der Waals surface area contributed by atoms with Gasteiger partial charge in [0.1, 0.15) is 0 Å². The summed E-state index contributed by atoms with van der Waals surface area (Å²) in [6.07, 6.45) is 25.9. The monoisotopic (exact) mass is 477 g/mol. The van der Waals surface area contributed by atoms with Gasteiger partial charge in [0.15, 0.2) is 0 Å². The molecule has 2 N–H and O–H groups in total. The molecule has 0 aromatic rings. The van der Waals surface area contributed by atoms with Crippen LogP contribution in [0.3, 0.4) is 0 Å². The van der Waals surface area contributed by atoms with E-state index in [1.807, 2.05) is 0 Å². The van der Waals surface area contributed by atoms with Crippen molar-refractivity contribution in [1.29, 1.82) is 0 Å². The first-order valence-electron chi connectivity index (χ1n) is 13.9. The van der Waals surface area contributed by atoms with Crippen molar-refractivity contribution in [3.63, 3.8) is 0 Å². The van der Waals surface area contributed by atoms with Crippen molar-refractivity contribution in [1.82, 2.24) is 4.90 Å². The quantitative estimate of drug-likeness (QED) is 0.0969. The van der Waals surface area contributed by atoms with Crippen molar-refractivity contribution in [2.75, 3.05) is 26.2 Å². The smallest absolute Gasteiger partial charge is 0.303 e. The van der Waals surface area contributed by atoms with E-state index in [-0.39, 0.29) is 6.61 Å². The molecule has 0 aliphatic rings. The lowest BCUT2D eigenvalue weighted by molar-refractivity contribution is 0.193. The van der Waals surface area contributed by atoms with Crippen LogP contribution in [0.4, 0.5) is 0 Å². The fraction of sp³-hybridized carbons (Fsp3) is 1.00. The number of unbranched alkanes of at least 4 members (excludes halogenated alkanes) is 17. The maximum atomic E-state index is 10.6. The third kappa shape index (κ3) is 26.3. The fourth-order valence-corrected chi connectivity index (χ4v) is 4.62. The molecule has 0 radical (unpaired) electrons. The molecule has 0 aliphatic carbocycles. The zero-order valence-electron chi connectivity index (χ0n) is 21.6. The van der Waals surface area contributed by atoms with Gasteiger partial charge < -0.3 is 14.7 Å². The average Bonchev–Trinajstić information content (AvgIpc) is 2.75. The first kappa shape index (κ1) is 32.1. The number of nitrogens with zero attached hydrogens (tertiary/aromatic N) is 1. The Morgan fingerprint density at radius 2 is 0.844 bits per heavy atom. The van der Waals surface area contributed by atoms with E-state index in [1.54, 1.807) is 0 Å². The van der Waals surface area contributed by atoms with E-state index < -0.39 is 7.82 Å². The van der Waals surface area contributed by atoms with Gasteiger partial charge in [0.2, 0.25) is 0 Å². The molecular weight excluding hydrogens is 421 g/mol. The lowest BCUT2D eigenvalue weighted by Gasteiger charge is -2.22. The molecule has 0 rings (SSSR count). The maximum Gasteiger partial charge on any atom is 0.469 e. The van der Waals surface area contributed by atoms with Gasteiger partial charge in [-0.05, 0) is 45.3 Å². The zero-order valence-corrected chi connectivity index (χ0v) is 22.5. The van der Waals surface area contributed by atoms with Gasteiger partial charge in [-0.1, -0.05) is 117 Å². The fourth-order valence-electron chi connectivity index (χ4n) is 4.25. The molecule has 0 aliphatic heterocycles. The van der Waals surface area contributed by atoms with Crippen LogP contribution in [-0.2, 0) is 9.09 Å². The molecule has 6 heteroatoms. The van der Waals surface area contributed by atoms with Crippen LogP contribution < -0.4 is 0 Å². The van der Waals surface area contributed by atoms with Crippen LogP contribution in [0.25, 0.3) is 0 Å². The summed E-state index contributed by atoms with van der Waals surface area (Å²) in [5.41, 5.74) is 0. The molecule has 0 spiro atoms. The van der Waals surface area contributed by atoms with E-state index in [4.69, 9.17) is 9.79 Å². The minimum atomic E-state index is -4.29. The van der Waals surface area contributed by atoms with Crippen LogP contribution in [0.1, 0.15) is 142 Å². The van der Waals surface area contributed by atoms with E-state index in [2.05, 4.69) is 23.3 Å². The van der Waals surface area contributed by atoms with E-state index >= 15 is 0 Å². The number of hydrogen-bond donors (Lipinski definition) is 2. The Labute approximate surface area is 200 Å². The Hall–Kier alpha value is 0.0700. The van der Waals surface area contributed by atoms with E-state index in [9.17, 15) is 4.57 Å². The van der Waals surface area contributed by atoms with E-state index in [0.717, 1.165) is 19.3 Å². The minimum Gasteiger partial charge on any atom is -0.303 e. The predicted octanol–water partition coefficient (Wildman–Crippen LogP) is 8.24. The van der Waals surface area contributed by atoms with Gasteiger partial charge in [0.25, 0.3) is 0 Å². The average molecular weight is 478 g/mol. The van der Waals surface area contributed by atoms with Gasteiger partial charge in [0.05, 0.1) is 6.61 Å². The van der Waals surface area contributed by atoms with Gasteiger partial charge in [-0.15, -0.1) is 0 Å². The lowest BCUT2D eigenvalue weighted by Crippen LogP contribution is -2.27. The Morgan fingerprint density at radius 3 is 1.19 bits per heavy atom. The SMILES string of the molecule is CCCCCCCCCN(CCCCCCCCC)CCCCCCCCOP(=O)(O)O. The number of hydrogen-bond acceptors (Lipinski definition) is 3. The Kier molecular flexibility index (Phi) is 24.3. The van der Waals surface area contributed by atoms with Crippen LogP contribution in [0.5, 0.6) is 0 Å². The molecule has 0 bridgehead atoms. The second-order valence-corrected chi connectivity index (χ2v) is 10.8. The number of phosphoric acid groups is 1. The lowest BCUT2D eigenvalue weighted by atomic mass is 10.1. The molecule has 0 aromatic heterocycles. The highest BCUT2D eigenvalue weighted by Crippen LogP contribution is 2.35. The molecule has 0 heterocycles. The Morgan fingerprint density at radius 1 is 0.531 bits per heavy atom. The van der Waals surface area contributed by atoms with Gasteiger partial charge in [0, 0.05) is 0 Å². The summed E-state index contributed by atoms with van der Waals surface area (Å²) >= 11 is 0. The summed E-state index contributed by atoms with van der Waals surface area (Å²) in [5, 5.41) is 0. The second-order valence-electron chi connectivity index (χ2n) is 9.53. The first-order valence-corrected chi connectivity index (χ1v) is 15.4. The van der Waals surface area contributed by atoms with Gasteiger partial charge in [-0.2, -0.15) is 0 Å². The first-order chi connectivity index (χ1) is 15.5. The second kappa shape index (κ2) is 24.2. The van der Waals surface area contributed by atoms with Crippen LogP contribution in [0.15, 0.2) is 0 Å². The minimum absolute atomic E-state index is 0.162. The zero-order chi connectivity index (χ0) is 23.8. The maximum absolute atomic E-state index is 10.6. The number of rotatable bonds is 26. The van der Waals surface area contributed by atoms with Crippen molar-refractivity contribution in [3.8, 4) is 0 Å². The van der Waals surface area contributed by atoms with Crippen LogP contribution in [-0.4, -0.2) is 40.9 Å². The molecule has 0 saturated heterocycles. The summed E-state index contributed by atoms with van der Waals surface area (Å²) in [6, 6.07) is 0. The Balaban J connectivity index is 3.86. The van der Waals surface area contributed by atoms with Crippen molar-refractivity contribution in [3.05, 3.63) is 0 Å². The van der Waals surface area contributed by atoms with Crippen molar-refractivity contribution in [2.45, 2.75) is 142 Å². The highest BCUT2D eigenvalue weighted by Gasteiger charge is 2.12. The molecule has 0 aromatic carbocycles. The number of phosphoric ester groups is 1. The van der Waals surface area contributed by atoms with Gasteiger partial charge >= 0.3 is 7.82 Å².